The van der Waals surface area contributed by atoms with Gasteiger partial charge in [0.05, 0.1) is 12.1 Å². The molecule has 23 heavy (non-hydrogen) atoms. The van der Waals surface area contributed by atoms with Gasteiger partial charge in [0, 0.05) is 23.7 Å². The fourth-order valence-corrected chi connectivity index (χ4v) is 3.54. The van der Waals surface area contributed by atoms with Gasteiger partial charge in [0.2, 0.25) is 5.91 Å². The molecule has 2 aromatic carbocycles. The lowest BCUT2D eigenvalue weighted by Crippen LogP contribution is -2.24. The van der Waals surface area contributed by atoms with Gasteiger partial charge < -0.3 is 10.2 Å². The van der Waals surface area contributed by atoms with Crippen LogP contribution in [0, 0.1) is 0 Å². The number of amides is 2. The van der Waals surface area contributed by atoms with Gasteiger partial charge in [-0.25, -0.2) is 0 Å². The van der Waals surface area contributed by atoms with Gasteiger partial charge >= 0.3 is 0 Å². The first-order valence-corrected chi connectivity index (χ1v) is 7.99. The second-order valence-electron chi connectivity index (χ2n) is 5.89. The quantitative estimate of drug-likeness (QED) is 0.943. The molecule has 2 aliphatic heterocycles. The maximum absolute atomic E-state index is 12.4. The zero-order valence-electron chi connectivity index (χ0n) is 12.4. The molecule has 0 unspecified atom stereocenters. The number of hydrogen-bond donors (Lipinski definition) is 1. The third-order valence-corrected chi connectivity index (χ3v) is 4.81. The topological polar surface area (TPSA) is 49.4 Å². The summed E-state index contributed by atoms with van der Waals surface area (Å²) in [7, 11) is 0. The van der Waals surface area contributed by atoms with Crippen LogP contribution >= 0.6 is 11.6 Å². The molecule has 2 heterocycles. The Morgan fingerprint density at radius 2 is 2.00 bits per heavy atom. The van der Waals surface area contributed by atoms with Crippen molar-refractivity contribution in [3.05, 3.63) is 63.7 Å². The summed E-state index contributed by atoms with van der Waals surface area (Å²) >= 11 is 6.11. The van der Waals surface area contributed by atoms with E-state index in [1.165, 1.54) is 0 Å². The van der Waals surface area contributed by atoms with Gasteiger partial charge in [-0.05, 0) is 41.3 Å². The number of carbonyl (C=O) groups excluding carboxylic acids is 2. The van der Waals surface area contributed by atoms with E-state index in [0.717, 1.165) is 35.3 Å². The Labute approximate surface area is 139 Å². The smallest absolute Gasteiger partial charge is 0.251 e. The molecule has 2 amide bonds. The average molecular weight is 327 g/mol. The molecule has 4 nitrogen and oxygen atoms in total. The second kappa shape index (κ2) is 5.39. The third kappa shape index (κ3) is 2.39. The molecular weight excluding hydrogens is 312 g/mol. The molecule has 2 aliphatic rings. The maximum atomic E-state index is 12.4. The van der Waals surface area contributed by atoms with Crippen molar-refractivity contribution in [2.45, 2.75) is 19.4 Å². The summed E-state index contributed by atoms with van der Waals surface area (Å²) < 4.78 is 0. The lowest BCUT2D eigenvalue weighted by atomic mass is 10.0. The van der Waals surface area contributed by atoms with Crippen LogP contribution < -0.4 is 10.2 Å². The van der Waals surface area contributed by atoms with Crippen molar-refractivity contribution < 1.29 is 9.59 Å². The van der Waals surface area contributed by atoms with Crippen molar-refractivity contribution in [1.29, 1.82) is 0 Å². The minimum absolute atomic E-state index is 0.132. The maximum Gasteiger partial charge on any atom is 0.251 e. The largest absolute Gasteiger partial charge is 0.348 e. The third-order valence-electron chi connectivity index (χ3n) is 4.44. The summed E-state index contributed by atoms with van der Waals surface area (Å²) in [5.41, 5.74) is 4.58. The van der Waals surface area contributed by atoms with Crippen LogP contribution in [0.3, 0.4) is 0 Å². The van der Waals surface area contributed by atoms with E-state index in [1.807, 2.05) is 35.2 Å². The molecule has 0 radical (unpaired) electrons. The standard InChI is InChI=1S/C18H15ClN2O2/c19-15-4-2-1-3-12(15)10-20-18(23)14-7-11-5-6-21-16(22)9-13(8-14)17(11)21/h1-4,7-8H,5-6,9-10H2,(H,20,23). The van der Waals surface area contributed by atoms with Crippen LogP contribution in [0.15, 0.2) is 36.4 Å². The molecule has 0 fully saturated rings. The molecule has 0 aromatic heterocycles. The summed E-state index contributed by atoms with van der Waals surface area (Å²) in [6.07, 6.45) is 1.22. The van der Waals surface area contributed by atoms with Crippen molar-refractivity contribution in [3.8, 4) is 0 Å². The van der Waals surface area contributed by atoms with E-state index in [0.29, 0.717) is 23.6 Å². The van der Waals surface area contributed by atoms with Crippen LogP contribution in [0.25, 0.3) is 0 Å². The molecule has 0 bridgehead atoms. The van der Waals surface area contributed by atoms with Gasteiger partial charge in [0.15, 0.2) is 0 Å². The number of nitrogens with zero attached hydrogens (tertiary/aromatic N) is 1. The highest BCUT2D eigenvalue weighted by atomic mass is 35.5. The van der Waals surface area contributed by atoms with Gasteiger partial charge in [-0.2, -0.15) is 0 Å². The van der Waals surface area contributed by atoms with Gasteiger partial charge in [-0.3, -0.25) is 9.59 Å². The molecule has 4 rings (SSSR count). The zero-order valence-corrected chi connectivity index (χ0v) is 13.2. The molecule has 0 saturated carbocycles. The molecule has 5 heteroatoms. The SMILES string of the molecule is O=C(NCc1ccccc1Cl)c1cc2c3c(c1)CC(=O)N3CC2. The Balaban J connectivity index is 1.55. The number of halogens is 1. The van der Waals surface area contributed by atoms with Gasteiger partial charge in [-0.1, -0.05) is 29.8 Å². The molecular formula is C18H15ClN2O2. The Morgan fingerprint density at radius 3 is 2.83 bits per heavy atom. The highest BCUT2D eigenvalue weighted by molar-refractivity contribution is 6.31. The minimum atomic E-state index is -0.137. The number of anilines is 1. The number of rotatable bonds is 3. The molecule has 0 saturated heterocycles. The zero-order chi connectivity index (χ0) is 16.0. The average Bonchev–Trinajstić information content (AvgIpc) is 3.11. The van der Waals surface area contributed by atoms with Crippen LogP contribution in [0.1, 0.15) is 27.0 Å². The Kier molecular flexibility index (Phi) is 3.34. The summed E-state index contributed by atoms with van der Waals surface area (Å²) in [5.74, 6) is -0.00542. The van der Waals surface area contributed by atoms with Crippen LogP contribution in [-0.4, -0.2) is 18.4 Å². The number of nitrogens with one attached hydrogen (secondary N) is 1. The lowest BCUT2D eigenvalue weighted by Gasteiger charge is -2.11. The Bertz CT molecular complexity index is 832. The summed E-state index contributed by atoms with van der Waals surface area (Å²) in [6.45, 7) is 1.11. The normalized spacial score (nSPS) is 15.0. The van der Waals surface area contributed by atoms with Crippen LogP contribution in [0.4, 0.5) is 5.69 Å². The van der Waals surface area contributed by atoms with Crippen molar-refractivity contribution in [2.75, 3.05) is 11.4 Å². The lowest BCUT2D eigenvalue weighted by molar-refractivity contribution is -0.117. The minimum Gasteiger partial charge on any atom is -0.348 e. The first-order valence-electron chi connectivity index (χ1n) is 7.61. The van der Waals surface area contributed by atoms with E-state index >= 15 is 0 Å². The number of benzene rings is 2. The van der Waals surface area contributed by atoms with Crippen molar-refractivity contribution in [2.24, 2.45) is 0 Å². The highest BCUT2D eigenvalue weighted by Crippen LogP contribution is 2.38. The van der Waals surface area contributed by atoms with E-state index in [4.69, 9.17) is 11.6 Å². The van der Waals surface area contributed by atoms with Gasteiger partial charge in [-0.15, -0.1) is 0 Å². The molecule has 0 atom stereocenters. The predicted molar refractivity (Wildman–Crippen MR) is 88.8 cm³/mol. The summed E-state index contributed by atoms with van der Waals surface area (Å²) in [6, 6.07) is 11.2. The van der Waals surface area contributed by atoms with Crippen molar-refractivity contribution in [1.82, 2.24) is 5.32 Å². The second-order valence-corrected chi connectivity index (χ2v) is 6.30. The van der Waals surface area contributed by atoms with E-state index in [9.17, 15) is 9.59 Å². The molecule has 0 aliphatic carbocycles. The van der Waals surface area contributed by atoms with E-state index in [-0.39, 0.29) is 11.8 Å². The molecule has 116 valence electrons. The van der Waals surface area contributed by atoms with E-state index < -0.39 is 0 Å². The fraction of sp³-hybridized carbons (Fsp3) is 0.222. The molecule has 2 aromatic rings. The number of hydrogen-bond acceptors (Lipinski definition) is 2. The van der Waals surface area contributed by atoms with Crippen LogP contribution in [0.2, 0.25) is 5.02 Å². The first-order chi connectivity index (χ1) is 11.1. The first kappa shape index (κ1) is 14.3. The number of carbonyl (C=O) groups is 2. The van der Waals surface area contributed by atoms with Crippen LogP contribution in [-0.2, 0) is 24.2 Å². The van der Waals surface area contributed by atoms with E-state index in [2.05, 4.69) is 5.32 Å². The fourth-order valence-electron chi connectivity index (χ4n) is 3.33. The summed E-state index contributed by atoms with van der Waals surface area (Å²) in [4.78, 5) is 26.2. The predicted octanol–water partition coefficient (Wildman–Crippen LogP) is 2.72. The molecule has 0 spiro atoms. The van der Waals surface area contributed by atoms with Gasteiger partial charge in [0.25, 0.3) is 5.91 Å². The van der Waals surface area contributed by atoms with Gasteiger partial charge in [0.1, 0.15) is 0 Å². The molecule has 1 N–H and O–H groups in total. The Hall–Kier alpha value is -2.33. The van der Waals surface area contributed by atoms with Crippen molar-refractivity contribution >= 4 is 29.1 Å². The Morgan fingerprint density at radius 1 is 1.22 bits per heavy atom. The monoisotopic (exact) mass is 326 g/mol. The van der Waals surface area contributed by atoms with E-state index in [1.54, 1.807) is 6.07 Å². The summed E-state index contributed by atoms with van der Waals surface area (Å²) in [5, 5.41) is 3.54. The van der Waals surface area contributed by atoms with Crippen molar-refractivity contribution in [3.63, 3.8) is 0 Å². The highest BCUT2D eigenvalue weighted by Gasteiger charge is 2.34. The van der Waals surface area contributed by atoms with Crippen LogP contribution in [0.5, 0.6) is 0 Å².